The fourth-order valence-corrected chi connectivity index (χ4v) is 3.57. The number of fused-ring (bicyclic) bond motifs is 1. The van der Waals surface area contributed by atoms with Crippen LogP contribution in [0.5, 0.6) is 11.5 Å². The Morgan fingerprint density at radius 3 is 2.66 bits per heavy atom. The second-order valence-corrected chi connectivity index (χ2v) is 7.66. The van der Waals surface area contributed by atoms with Crippen molar-refractivity contribution in [2.45, 2.75) is 39.8 Å². The number of nitrogens with one attached hydrogen (secondary N) is 2. The summed E-state index contributed by atoms with van der Waals surface area (Å²) in [5, 5.41) is 17.8. The molecule has 7 nitrogen and oxygen atoms in total. The fourth-order valence-electron chi connectivity index (χ4n) is 3.28. The van der Waals surface area contributed by atoms with Gasteiger partial charge in [0, 0.05) is 12.1 Å². The molecule has 1 atom stereocenters. The molecule has 0 saturated carbocycles. The number of aliphatic imine (C=N–C) groups is 1. The molecule has 1 unspecified atom stereocenters. The van der Waals surface area contributed by atoms with Crippen LogP contribution in [-0.2, 0) is 12.1 Å². The minimum Gasteiger partial charge on any atom is -0.486 e. The second-order valence-electron chi connectivity index (χ2n) is 7.25. The summed E-state index contributed by atoms with van der Waals surface area (Å²) in [7, 11) is 0. The molecule has 1 aromatic carbocycles. The van der Waals surface area contributed by atoms with Crippen LogP contribution in [0.3, 0.4) is 0 Å². The second kappa shape index (κ2) is 8.97. The highest BCUT2D eigenvalue weighted by molar-refractivity contribution is 6.32. The van der Waals surface area contributed by atoms with Crippen LogP contribution in [0.25, 0.3) is 0 Å². The van der Waals surface area contributed by atoms with Crippen molar-refractivity contribution in [1.29, 1.82) is 0 Å². The Balaban J connectivity index is 1.70. The molecule has 0 saturated heterocycles. The number of rotatable bonds is 6. The van der Waals surface area contributed by atoms with Gasteiger partial charge in [0.15, 0.2) is 17.5 Å². The molecular weight excluding hydrogens is 394 g/mol. The predicted molar refractivity (Wildman–Crippen MR) is 113 cm³/mol. The SMILES string of the molecule is CCNC(=NCc1cc(Cl)c2c(c1)OCCO2)NCC(C)(O)c1cc(C)oc1C. The number of nitrogens with zero attached hydrogens (tertiary/aromatic N) is 1. The van der Waals surface area contributed by atoms with Crippen molar-refractivity contribution in [1.82, 2.24) is 10.6 Å². The lowest BCUT2D eigenvalue weighted by Gasteiger charge is -2.24. The molecule has 2 heterocycles. The monoisotopic (exact) mass is 421 g/mol. The number of aliphatic hydroxyl groups is 1. The summed E-state index contributed by atoms with van der Waals surface area (Å²) in [4.78, 5) is 4.60. The number of halogens is 1. The summed E-state index contributed by atoms with van der Waals surface area (Å²) in [5.74, 6) is 3.30. The van der Waals surface area contributed by atoms with Crippen molar-refractivity contribution < 1.29 is 19.0 Å². The highest BCUT2D eigenvalue weighted by atomic mass is 35.5. The Kier molecular flexibility index (Phi) is 6.59. The maximum absolute atomic E-state index is 10.9. The normalized spacial score (nSPS) is 15.7. The number of hydrogen-bond donors (Lipinski definition) is 3. The molecule has 0 radical (unpaired) electrons. The van der Waals surface area contributed by atoms with Crippen molar-refractivity contribution >= 4 is 17.6 Å². The van der Waals surface area contributed by atoms with Crippen molar-refractivity contribution in [2.75, 3.05) is 26.3 Å². The van der Waals surface area contributed by atoms with Crippen LogP contribution in [0.2, 0.25) is 5.02 Å². The number of ether oxygens (including phenoxy) is 2. The van der Waals surface area contributed by atoms with E-state index in [0.29, 0.717) is 54.5 Å². The van der Waals surface area contributed by atoms with E-state index < -0.39 is 5.60 Å². The van der Waals surface area contributed by atoms with Crippen LogP contribution in [0, 0.1) is 13.8 Å². The average Bonchev–Trinajstić information content (AvgIpc) is 3.03. The van der Waals surface area contributed by atoms with Crippen LogP contribution in [0.15, 0.2) is 27.6 Å². The largest absolute Gasteiger partial charge is 0.486 e. The maximum Gasteiger partial charge on any atom is 0.191 e. The Morgan fingerprint density at radius 1 is 1.21 bits per heavy atom. The predicted octanol–water partition coefficient (Wildman–Crippen LogP) is 3.28. The van der Waals surface area contributed by atoms with Crippen LogP contribution < -0.4 is 20.1 Å². The van der Waals surface area contributed by atoms with Crippen molar-refractivity contribution in [3.05, 3.63) is 45.9 Å². The van der Waals surface area contributed by atoms with Gasteiger partial charge in [-0.15, -0.1) is 0 Å². The lowest BCUT2D eigenvalue weighted by atomic mass is 9.96. The van der Waals surface area contributed by atoms with Gasteiger partial charge in [0.1, 0.15) is 30.3 Å². The van der Waals surface area contributed by atoms with E-state index in [0.717, 1.165) is 16.9 Å². The first-order valence-corrected chi connectivity index (χ1v) is 10.1. The molecular formula is C21H28ClN3O4. The molecule has 3 rings (SSSR count). The summed E-state index contributed by atoms with van der Waals surface area (Å²) in [6.45, 7) is 9.82. The summed E-state index contributed by atoms with van der Waals surface area (Å²) in [6.07, 6.45) is 0. The minimum atomic E-state index is -1.10. The number of furan rings is 1. The molecule has 0 bridgehead atoms. The van der Waals surface area contributed by atoms with E-state index in [4.69, 9.17) is 25.5 Å². The Hall–Kier alpha value is -2.38. The van der Waals surface area contributed by atoms with E-state index in [-0.39, 0.29) is 6.54 Å². The van der Waals surface area contributed by atoms with Crippen molar-refractivity contribution in [3.8, 4) is 11.5 Å². The maximum atomic E-state index is 10.9. The molecule has 0 amide bonds. The highest BCUT2D eigenvalue weighted by Crippen LogP contribution is 2.38. The zero-order chi connectivity index (χ0) is 21.0. The summed E-state index contributed by atoms with van der Waals surface area (Å²) >= 11 is 6.30. The summed E-state index contributed by atoms with van der Waals surface area (Å²) < 4.78 is 16.7. The Bertz CT molecular complexity index is 892. The lowest BCUT2D eigenvalue weighted by molar-refractivity contribution is 0.0601. The van der Waals surface area contributed by atoms with Crippen LogP contribution in [-0.4, -0.2) is 37.4 Å². The zero-order valence-corrected chi connectivity index (χ0v) is 18.0. The number of benzene rings is 1. The van der Waals surface area contributed by atoms with Gasteiger partial charge in [-0.05, 0) is 51.5 Å². The van der Waals surface area contributed by atoms with E-state index in [1.165, 1.54) is 0 Å². The number of guanidine groups is 1. The molecule has 158 valence electrons. The molecule has 1 aromatic heterocycles. The number of aryl methyl sites for hydroxylation is 2. The molecule has 29 heavy (non-hydrogen) atoms. The smallest absolute Gasteiger partial charge is 0.191 e. The van der Waals surface area contributed by atoms with E-state index in [2.05, 4.69) is 15.6 Å². The van der Waals surface area contributed by atoms with Gasteiger partial charge < -0.3 is 29.6 Å². The van der Waals surface area contributed by atoms with Gasteiger partial charge in [-0.3, -0.25) is 0 Å². The van der Waals surface area contributed by atoms with E-state index in [1.54, 1.807) is 6.92 Å². The van der Waals surface area contributed by atoms with Crippen molar-refractivity contribution in [3.63, 3.8) is 0 Å². The first-order valence-electron chi connectivity index (χ1n) is 9.70. The van der Waals surface area contributed by atoms with Gasteiger partial charge in [-0.2, -0.15) is 0 Å². The molecule has 2 aromatic rings. The quantitative estimate of drug-likeness (QED) is 0.490. The van der Waals surface area contributed by atoms with Gasteiger partial charge >= 0.3 is 0 Å². The highest BCUT2D eigenvalue weighted by Gasteiger charge is 2.28. The van der Waals surface area contributed by atoms with Gasteiger partial charge in [-0.1, -0.05) is 11.6 Å². The number of hydrogen-bond acceptors (Lipinski definition) is 5. The molecule has 0 spiro atoms. The Morgan fingerprint density at radius 2 is 1.97 bits per heavy atom. The van der Waals surface area contributed by atoms with Gasteiger partial charge in [0.25, 0.3) is 0 Å². The van der Waals surface area contributed by atoms with E-state index in [1.807, 2.05) is 39.0 Å². The third-order valence-corrected chi connectivity index (χ3v) is 4.92. The van der Waals surface area contributed by atoms with Gasteiger partial charge in [-0.25, -0.2) is 4.99 Å². The molecule has 1 aliphatic heterocycles. The molecule has 0 fully saturated rings. The van der Waals surface area contributed by atoms with Crippen molar-refractivity contribution in [2.24, 2.45) is 4.99 Å². The van der Waals surface area contributed by atoms with Crippen LogP contribution >= 0.6 is 11.6 Å². The molecule has 1 aliphatic rings. The fraction of sp³-hybridized carbons (Fsp3) is 0.476. The minimum absolute atomic E-state index is 0.278. The Labute approximate surface area is 176 Å². The molecule has 8 heteroatoms. The summed E-state index contributed by atoms with van der Waals surface area (Å²) in [5.41, 5.74) is 0.569. The molecule has 0 aliphatic carbocycles. The lowest BCUT2D eigenvalue weighted by Crippen LogP contribution is -2.44. The van der Waals surface area contributed by atoms with Gasteiger partial charge in [0.2, 0.25) is 0 Å². The first kappa shape index (κ1) is 21.3. The summed E-state index contributed by atoms with van der Waals surface area (Å²) in [6, 6.07) is 5.58. The van der Waals surface area contributed by atoms with E-state index >= 15 is 0 Å². The zero-order valence-electron chi connectivity index (χ0n) is 17.3. The molecule has 3 N–H and O–H groups in total. The topological polar surface area (TPSA) is 88.3 Å². The van der Waals surface area contributed by atoms with Gasteiger partial charge in [0.05, 0.1) is 18.1 Å². The first-order chi connectivity index (χ1) is 13.8. The standard InChI is InChI=1S/C21H28ClN3O4/c1-5-23-20(25-12-21(4,26)16-8-13(2)29-14(16)3)24-11-15-9-17(22)19-18(10-15)27-6-7-28-19/h8-10,26H,5-7,11-12H2,1-4H3,(H2,23,24,25). The average molecular weight is 422 g/mol. The van der Waals surface area contributed by atoms with E-state index in [9.17, 15) is 5.11 Å². The third-order valence-electron chi connectivity index (χ3n) is 4.64. The van der Waals surface area contributed by atoms with Crippen LogP contribution in [0.1, 0.15) is 36.5 Å². The van der Waals surface area contributed by atoms with Crippen LogP contribution in [0.4, 0.5) is 0 Å². The third kappa shape index (κ3) is 5.16.